The van der Waals surface area contributed by atoms with Crippen molar-refractivity contribution in [1.82, 2.24) is 14.9 Å². The van der Waals surface area contributed by atoms with Gasteiger partial charge in [0.2, 0.25) is 5.88 Å². The van der Waals surface area contributed by atoms with Crippen LogP contribution in [0.4, 0.5) is 16.2 Å². The molecule has 0 radical (unpaired) electrons. The van der Waals surface area contributed by atoms with E-state index in [0.717, 1.165) is 23.0 Å². The second kappa shape index (κ2) is 13.6. The highest BCUT2D eigenvalue weighted by atomic mass is 79.9. The first kappa shape index (κ1) is 28.6. The van der Waals surface area contributed by atoms with Crippen LogP contribution in [-0.2, 0) is 0 Å². The molecule has 2 heterocycles. The number of aromatic nitrogens is 2. The maximum Gasteiger partial charge on any atom is 0.323 e. The van der Waals surface area contributed by atoms with Crippen molar-refractivity contribution >= 4 is 44.2 Å². The molecular formula is C31H34BrN5O4. The molecule has 9 nitrogen and oxygen atoms in total. The molecule has 0 saturated carbocycles. The van der Waals surface area contributed by atoms with Gasteiger partial charge in [-0.2, -0.15) is 0 Å². The average Bonchev–Trinajstić information content (AvgIpc) is 2.97. The van der Waals surface area contributed by atoms with Gasteiger partial charge in [0.25, 0.3) is 0 Å². The van der Waals surface area contributed by atoms with Gasteiger partial charge in [-0.15, -0.1) is 0 Å². The van der Waals surface area contributed by atoms with Crippen LogP contribution in [0.3, 0.4) is 0 Å². The maximum atomic E-state index is 12.5. The van der Waals surface area contributed by atoms with Crippen LogP contribution in [0.2, 0.25) is 0 Å². The second-order valence-corrected chi connectivity index (χ2v) is 10.9. The molecule has 1 fully saturated rings. The average molecular weight is 621 g/mol. The molecule has 1 saturated heterocycles. The number of carbonyl (C=O) groups is 1. The number of piperidine rings is 1. The Morgan fingerprint density at radius 2 is 1.85 bits per heavy atom. The number of carbonyl (C=O) groups excluding carboxylic acids is 1. The SMILES string of the molecule is COc1cc2c(Oc3ccc(NC(=O)Nc4cccc(Br)c4)c(C)c3)ncnc2cc1OCCCN1CCCCC1. The maximum absolute atomic E-state index is 12.5. The van der Waals surface area contributed by atoms with Gasteiger partial charge in [0.15, 0.2) is 11.5 Å². The van der Waals surface area contributed by atoms with E-state index in [1.165, 1.54) is 38.7 Å². The molecule has 0 unspecified atom stereocenters. The van der Waals surface area contributed by atoms with Crippen LogP contribution in [0, 0.1) is 6.92 Å². The topological polar surface area (TPSA) is 97.8 Å². The number of rotatable bonds is 10. The van der Waals surface area contributed by atoms with Crippen LogP contribution in [-0.4, -0.2) is 54.2 Å². The summed E-state index contributed by atoms with van der Waals surface area (Å²) in [6.45, 7) is 5.91. The molecule has 3 aromatic carbocycles. The number of nitrogens with zero attached hydrogens (tertiary/aromatic N) is 3. The van der Waals surface area contributed by atoms with Crippen LogP contribution in [0.5, 0.6) is 23.1 Å². The summed E-state index contributed by atoms with van der Waals surface area (Å²) < 4.78 is 18.8. The smallest absolute Gasteiger partial charge is 0.323 e. The molecule has 0 atom stereocenters. The summed E-state index contributed by atoms with van der Waals surface area (Å²) in [7, 11) is 1.62. The summed E-state index contributed by atoms with van der Waals surface area (Å²) in [6, 6.07) is 16.2. The predicted molar refractivity (Wildman–Crippen MR) is 165 cm³/mol. The number of nitrogens with one attached hydrogen (secondary N) is 2. The molecule has 10 heteroatoms. The zero-order valence-electron chi connectivity index (χ0n) is 23.3. The molecule has 5 rings (SSSR count). The third-order valence-electron chi connectivity index (χ3n) is 6.95. The Kier molecular flexibility index (Phi) is 9.53. The minimum Gasteiger partial charge on any atom is -0.493 e. The summed E-state index contributed by atoms with van der Waals surface area (Å²) in [4.78, 5) is 23.8. The Bertz CT molecular complexity index is 1510. The third kappa shape index (κ3) is 7.65. The van der Waals surface area contributed by atoms with Gasteiger partial charge in [0.05, 0.1) is 24.6 Å². The van der Waals surface area contributed by atoms with Crippen molar-refractivity contribution < 1.29 is 19.0 Å². The molecule has 1 aliphatic rings. The van der Waals surface area contributed by atoms with E-state index in [2.05, 4.69) is 41.4 Å². The number of anilines is 2. The quantitative estimate of drug-likeness (QED) is 0.178. The van der Waals surface area contributed by atoms with Gasteiger partial charge >= 0.3 is 6.03 Å². The van der Waals surface area contributed by atoms with Crippen LogP contribution in [0.1, 0.15) is 31.2 Å². The molecule has 2 amide bonds. The zero-order chi connectivity index (χ0) is 28.6. The van der Waals surface area contributed by atoms with E-state index in [-0.39, 0.29) is 6.03 Å². The lowest BCUT2D eigenvalue weighted by molar-refractivity contribution is 0.203. The number of likely N-dealkylation sites (tertiary alicyclic amines) is 1. The summed E-state index contributed by atoms with van der Waals surface area (Å²) in [6.07, 6.45) is 6.33. The molecule has 0 spiro atoms. The van der Waals surface area contributed by atoms with Gasteiger partial charge in [-0.25, -0.2) is 14.8 Å². The van der Waals surface area contributed by atoms with Crippen molar-refractivity contribution in [2.45, 2.75) is 32.6 Å². The highest BCUT2D eigenvalue weighted by molar-refractivity contribution is 9.10. The first-order chi connectivity index (χ1) is 20.0. The number of hydrogen-bond acceptors (Lipinski definition) is 7. The molecule has 1 aromatic heterocycles. The number of methoxy groups -OCH3 is 1. The number of amides is 2. The lowest BCUT2D eigenvalue weighted by atomic mass is 10.1. The third-order valence-corrected chi connectivity index (χ3v) is 7.45. The minimum absolute atomic E-state index is 0.335. The van der Waals surface area contributed by atoms with Crippen molar-refractivity contribution in [2.75, 3.05) is 44.0 Å². The summed E-state index contributed by atoms with van der Waals surface area (Å²) in [5, 5.41) is 6.41. The zero-order valence-corrected chi connectivity index (χ0v) is 24.9. The number of ether oxygens (including phenoxy) is 3. The highest BCUT2D eigenvalue weighted by Gasteiger charge is 2.15. The Labute approximate surface area is 248 Å². The molecule has 0 aliphatic carbocycles. The number of hydrogen-bond donors (Lipinski definition) is 2. The van der Waals surface area contributed by atoms with E-state index < -0.39 is 0 Å². The van der Waals surface area contributed by atoms with Gasteiger partial charge in [-0.3, -0.25) is 0 Å². The Hall–Kier alpha value is -3.89. The van der Waals surface area contributed by atoms with E-state index in [1.807, 2.05) is 49.4 Å². The molecular weight excluding hydrogens is 586 g/mol. The van der Waals surface area contributed by atoms with Crippen LogP contribution >= 0.6 is 15.9 Å². The van der Waals surface area contributed by atoms with Crippen molar-refractivity contribution in [3.63, 3.8) is 0 Å². The Morgan fingerprint density at radius 3 is 2.63 bits per heavy atom. The van der Waals surface area contributed by atoms with E-state index in [0.29, 0.717) is 52.0 Å². The van der Waals surface area contributed by atoms with Crippen molar-refractivity contribution in [1.29, 1.82) is 0 Å². The molecule has 4 aromatic rings. The fourth-order valence-electron chi connectivity index (χ4n) is 4.85. The number of aryl methyl sites for hydroxylation is 1. The largest absolute Gasteiger partial charge is 0.493 e. The molecule has 41 heavy (non-hydrogen) atoms. The molecule has 214 valence electrons. The van der Waals surface area contributed by atoms with Crippen LogP contribution in [0.15, 0.2) is 65.4 Å². The lowest BCUT2D eigenvalue weighted by Gasteiger charge is -2.26. The molecule has 1 aliphatic heterocycles. The Balaban J connectivity index is 1.24. The van der Waals surface area contributed by atoms with E-state index in [9.17, 15) is 4.79 Å². The van der Waals surface area contributed by atoms with Gasteiger partial charge in [-0.1, -0.05) is 28.4 Å². The van der Waals surface area contributed by atoms with Gasteiger partial charge in [0.1, 0.15) is 12.1 Å². The van der Waals surface area contributed by atoms with Crippen LogP contribution in [0.25, 0.3) is 10.9 Å². The monoisotopic (exact) mass is 619 g/mol. The van der Waals surface area contributed by atoms with Gasteiger partial charge in [0, 0.05) is 28.5 Å². The second-order valence-electron chi connectivity index (χ2n) is 9.97. The number of fused-ring (bicyclic) bond motifs is 1. The van der Waals surface area contributed by atoms with Gasteiger partial charge in [-0.05, 0) is 87.3 Å². The summed E-state index contributed by atoms with van der Waals surface area (Å²) >= 11 is 3.41. The Morgan fingerprint density at radius 1 is 1.00 bits per heavy atom. The highest BCUT2D eigenvalue weighted by Crippen LogP contribution is 2.36. The first-order valence-electron chi connectivity index (χ1n) is 13.8. The van der Waals surface area contributed by atoms with E-state index >= 15 is 0 Å². The fraction of sp³-hybridized carbons (Fsp3) is 0.323. The molecule has 0 bridgehead atoms. The van der Waals surface area contributed by atoms with Crippen molar-refractivity contribution in [2.24, 2.45) is 0 Å². The number of halogens is 1. The van der Waals surface area contributed by atoms with Crippen molar-refractivity contribution in [3.8, 4) is 23.1 Å². The minimum atomic E-state index is -0.335. The number of urea groups is 1. The fourth-order valence-corrected chi connectivity index (χ4v) is 5.25. The van der Waals surface area contributed by atoms with E-state index in [4.69, 9.17) is 14.2 Å². The first-order valence-corrected chi connectivity index (χ1v) is 14.6. The summed E-state index contributed by atoms with van der Waals surface area (Å²) in [5.41, 5.74) is 2.89. The molecule has 2 N–H and O–H groups in total. The standard InChI is InChI=1S/C31H34BrN5O4/c1-21-16-24(10-11-26(21)36-31(38)35-23-9-6-8-22(32)17-23)41-30-25-18-28(39-2)29(19-27(25)33-20-34-30)40-15-7-14-37-12-4-3-5-13-37/h6,8-11,16-20H,3-5,7,12-15H2,1-2H3,(H2,35,36,38). The predicted octanol–water partition coefficient (Wildman–Crippen LogP) is 7.40. The van der Waals surface area contributed by atoms with Crippen LogP contribution < -0.4 is 24.8 Å². The number of benzene rings is 3. The summed E-state index contributed by atoms with van der Waals surface area (Å²) in [5.74, 6) is 2.23. The lowest BCUT2D eigenvalue weighted by Crippen LogP contribution is -2.31. The van der Waals surface area contributed by atoms with Gasteiger partial charge < -0.3 is 29.7 Å². The van der Waals surface area contributed by atoms with E-state index in [1.54, 1.807) is 19.2 Å². The normalized spacial score (nSPS) is 13.5. The van der Waals surface area contributed by atoms with Crippen molar-refractivity contribution in [3.05, 3.63) is 71.0 Å².